The van der Waals surface area contributed by atoms with E-state index >= 15 is 0 Å². The Balaban J connectivity index is 2.25. The SMILES string of the molecule is CC(C)NC(C#N)CCN(C)C1CCCCC1. The largest absolute Gasteiger partial charge is 0.303 e. The second kappa shape index (κ2) is 7.68. The van der Waals surface area contributed by atoms with Crippen molar-refractivity contribution in [3.8, 4) is 6.07 Å². The zero-order valence-corrected chi connectivity index (χ0v) is 11.6. The van der Waals surface area contributed by atoms with Crippen molar-refractivity contribution in [3.63, 3.8) is 0 Å². The fourth-order valence-electron chi connectivity index (χ4n) is 2.62. The molecule has 1 aliphatic carbocycles. The minimum absolute atomic E-state index is 0.000963. The Labute approximate surface area is 106 Å². The van der Waals surface area contributed by atoms with Gasteiger partial charge in [0.2, 0.25) is 0 Å². The average Bonchev–Trinajstić information content (AvgIpc) is 2.34. The maximum atomic E-state index is 9.07. The van der Waals surface area contributed by atoms with Crippen LogP contribution in [-0.4, -0.2) is 36.6 Å². The summed E-state index contributed by atoms with van der Waals surface area (Å²) in [6.07, 6.45) is 7.76. The number of hydrogen-bond donors (Lipinski definition) is 1. The Morgan fingerprint density at radius 2 is 1.94 bits per heavy atom. The van der Waals surface area contributed by atoms with Gasteiger partial charge in [0.25, 0.3) is 0 Å². The molecule has 1 unspecified atom stereocenters. The van der Waals surface area contributed by atoms with Gasteiger partial charge in [0.1, 0.15) is 0 Å². The summed E-state index contributed by atoms with van der Waals surface area (Å²) in [5.41, 5.74) is 0. The van der Waals surface area contributed by atoms with E-state index in [9.17, 15) is 0 Å². The van der Waals surface area contributed by atoms with Crippen LogP contribution in [-0.2, 0) is 0 Å². The summed E-state index contributed by atoms with van der Waals surface area (Å²) in [6.45, 7) is 5.22. The van der Waals surface area contributed by atoms with Crippen molar-refractivity contribution in [2.45, 2.75) is 70.5 Å². The van der Waals surface area contributed by atoms with Crippen molar-refractivity contribution in [1.29, 1.82) is 5.26 Å². The molecule has 0 bridgehead atoms. The zero-order chi connectivity index (χ0) is 12.7. The molecule has 0 radical (unpaired) electrons. The third kappa shape index (κ3) is 5.52. The second-order valence-corrected chi connectivity index (χ2v) is 5.56. The summed E-state index contributed by atoms with van der Waals surface area (Å²) >= 11 is 0. The predicted octanol–water partition coefficient (Wildman–Crippen LogP) is 2.53. The maximum Gasteiger partial charge on any atom is 0.0967 e. The lowest BCUT2D eigenvalue weighted by Crippen LogP contribution is -2.39. The maximum absolute atomic E-state index is 9.07. The molecule has 0 amide bonds. The smallest absolute Gasteiger partial charge is 0.0967 e. The summed E-state index contributed by atoms with van der Waals surface area (Å²) in [5, 5.41) is 12.4. The van der Waals surface area contributed by atoms with Crippen molar-refractivity contribution in [2.75, 3.05) is 13.6 Å². The fraction of sp³-hybridized carbons (Fsp3) is 0.929. The van der Waals surface area contributed by atoms with Crippen LogP contribution in [0.15, 0.2) is 0 Å². The number of nitrogens with zero attached hydrogens (tertiary/aromatic N) is 2. The van der Waals surface area contributed by atoms with Crippen molar-refractivity contribution >= 4 is 0 Å². The molecule has 1 atom stereocenters. The Bertz CT molecular complexity index is 238. The Morgan fingerprint density at radius 1 is 1.29 bits per heavy atom. The zero-order valence-electron chi connectivity index (χ0n) is 11.6. The summed E-state index contributed by atoms with van der Waals surface area (Å²) in [6, 6.07) is 3.50. The van der Waals surface area contributed by atoms with Crippen LogP contribution in [0.4, 0.5) is 0 Å². The van der Waals surface area contributed by atoms with Gasteiger partial charge in [-0.25, -0.2) is 0 Å². The van der Waals surface area contributed by atoms with Gasteiger partial charge in [0.15, 0.2) is 0 Å². The van der Waals surface area contributed by atoms with Crippen LogP contribution in [0.3, 0.4) is 0 Å². The van der Waals surface area contributed by atoms with Gasteiger partial charge in [-0.3, -0.25) is 5.32 Å². The van der Waals surface area contributed by atoms with Gasteiger partial charge in [-0.05, 0) is 40.2 Å². The highest BCUT2D eigenvalue weighted by Crippen LogP contribution is 2.21. The van der Waals surface area contributed by atoms with E-state index in [1.54, 1.807) is 0 Å². The molecule has 0 aromatic carbocycles. The number of hydrogen-bond acceptors (Lipinski definition) is 3. The summed E-state index contributed by atoms with van der Waals surface area (Å²) in [7, 11) is 2.21. The van der Waals surface area contributed by atoms with Crippen LogP contribution < -0.4 is 5.32 Å². The summed E-state index contributed by atoms with van der Waals surface area (Å²) in [4.78, 5) is 2.45. The molecular formula is C14H27N3. The number of rotatable bonds is 6. The van der Waals surface area contributed by atoms with Crippen molar-refractivity contribution in [3.05, 3.63) is 0 Å². The Morgan fingerprint density at radius 3 is 2.47 bits per heavy atom. The van der Waals surface area contributed by atoms with Gasteiger partial charge in [0, 0.05) is 18.6 Å². The molecule has 3 nitrogen and oxygen atoms in total. The van der Waals surface area contributed by atoms with Gasteiger partial charge < -0.3 is 4.90 Å². The topological polar surface area (TPSA) is 39.1 Å². The van der Waals surface area contributed by atoms with Crippen LogP contribution in [0.5, 0.6) is 0 Å². The van der Waals surface area contributed by atoms with Crippen molar-refractivity contribution in [2.24, 2.45) is 0 Å². The first-order valence-electron chi connectivity index (χ1n) is 6.99. The molecule has 17 heavy (non-hydrogen) atoms. The summed E-state index contributed by atoms with van der Waals surface area (Å²) < 4.78 is 0. The Kier molecular flexibility index (Phi) is 6.54. The van der Waals surface area contributed by atoms with Crippen molar-refractivity contribution in [1.82, 2.24) is 10.2 Å². The van der Waals surface area contributed by atoms with E-state index in [-0.39, 0.29) is 6.04 Å². The van der Waals surface area contributed by atoms with Crippen LogP contribution in [0.2, 0.25) is 0 Å². The molecular weight excluding hydrogens is 210 g/mol. The monoisotopic (exact) mass is 237 g/mol. The second-order valence-electron chi connectivity index (χ2n) is 5.56. The highest BCUT2D eigenvalue weighted by atomic mass is 15.1. The van der Waals surface area contributed by atoms with E-state index in [1.807, 2.05) is 0 Å². The molecule has 0 aliphatic heterocycles. The standard InChI is InChI=1S/C14H27N3/c1-12(2)16-13(11-15)9-10-17(3)14-7-5-4-6-8-14/h12-14,16H,4-10H2,1-3H3. The molecule has 1 fully saturated rings. The molecule has 1 aliphatic rings. The molecule has 98 valence electrons. The van der Waals surface area contributed by atoms with E-state index in [2.05, 4.69) is 37.2 Å². The quantitative estimate of drug-likeness (QED) is 0.771. The molecule has 0 aromatic rings. The minimum atomic E-state index is 0.000963. The predicted molar refractivity (Wildman–Crippen MR) is 71.8 cm³/mol. The Hall–Kier alpha value is -0.590. The molecule has 0 aromatic heterocycles. The van der Waals surface area contributed by atoms with Crippen LogP contribution in [0.1, 0.15) is 52.4 Å². The van der Waals surface area contributed by atoms with Gasteiger partial charge in [-0.15, -0.1) is 0 Å². The molecule has 1 rings (SSSR count). The van der Waals surface area contributed by atoms with Crippen LogP contribution in [0, 0.1) is 11.3 Å². The lowest BCUT2D eigenvalue weighted by Gasteiger charge is -2.31. The van der Waals surface area contributed by atoms with E-state index < -0.39 is 0 Å². The summed E-state index contributed by atoms with van der Waals surface area (Å²) in [5.74, 6) is 0. The first-order chi connectivity index (χ1) is 8.13. The van der Waals surface area contributed by atoms with E-state index in [0.717, 1.165) is 19.0 Å². The lowest BCUT2D eigenvalue weighted by molar-refractivity contribution is 0.186. The normalized spacial score (nSPS) is 19.5. The van der Waals surface area contributed by atoms with Gasteiger partial charge >= 0.3 is 0 Å². The van der Waals surface area contributed by atoms with Crippen LogP contribution in [0.25, 0.3) is 0 Å². The van der Waals surface area contributed by atoms with E-state index in [0.29, 0.717) is 6.04 Å². The van der Waals surface area contributed by atoms with Crippen LogP contribution >= 0.6 is 0 Å². The van der Waals surface area contributed by atoms with E-state index in [1.165, 1.54) is 32.1 Å². The van der Waals surface area contributed by atoms with Crippen molar-refractivity contribution < 1.29 is 0 Å². The molecule has 0 heterocycles. The highest BCUT2D eigenvalue weighted by molar-refractivity contribution is 4.91. The molecule has 3 heteroatoms. The lowest BCUT2D eigenvalue weighted by atomic mass is 9.94. The third-order valence-corrected chi connectivity index (χ3v) is 3.66. The highest BCUT2D eigenvalue weighted by Gasteiger charge is 2.18. The van der Waals surface area contributed by atoms with Gasteiger partial charge in [-0.1, -0.05) is 19.3 Å². The first-order valence-corrected chi connectivity index (χ1v) is 6.99. The van der Waals surface area contributed by atoms with Gasteiger partial charge in [0.05, 0.1) is 12.1 Å². The molecule has 0 saturated heterocycles. The molecule has 1 saturated carbocycles. The fourth-order valence-corrected chi connectivity index (χ4v) is 2.62. The molecule has 1 N–H and O–H groups in total. The van der Waals surface area contributed by atoms with Gasteiger partial charge in [-0.2, -0.15) is 5.26 Å². The molecule has 0 spiro atoms. The first kappa shape index (κ1) is 14.5. The minimum Gasteiger partial charge on any atom is -0.303 e. The third-order valence-electron chi connectivity index (χ3n) is 3.66. The number of nitrogens with one attached hydrogen (secondary N) is 1. The average molecular weight is 237 g/mol. The van der Waals surface area contributed by atoms with E-state index in [4.69, 9.17) is 5.26 Å². The number of nitriles is 1.